The number of likely N-dealkylation sites (tertiary alicyclic amines) is 1. The van der Waals surface area contributed by atoms with Crippen molar-refractivity contribution >= 4 is 5.97 Å². The van der Waals surface area contributed by atoms with Crippen LogP contribution in [0.25, 0.3) is 0 Å². The highest BCUT2D eigenvalue weighted by Crippen LogP contribution is 2.28. The molecule has 0 amide bonds. The number of pyridine rings is 1. The summed E-state index contributed by atoms with van der Waals surface area (Å²) in [6.07, 6.45) is 4.55. The molecule has 1 N–H and O–H groups in total. The van der Waals surface area contributed by atoms with Crippen LogP contribution in [0.4, 0.5) is 0 Å². The van der Waals surface area contributed by atoms with Crippen LogP contribution in [0.15, 0.2) is 36.5 Å². The SMILES string of the molecule is Cc1cc(CN2CCCCC2C(=O)O)cc(C)c1OCc1ccccn1. The van der Waals surface area contributed by atoms with Crippen LogP contribution >= 0.6 is 0 Å². The van der Waals surface area contributed by atoms with E-state index in [9.17, 15) is 9.90 Å². The maximum Gasteiger partial charge on any atom is 0.320 e. The quantitative estimate of drug-likeness (QED) is 0.857. The third-order valence-corrected chi connectivity index (χ3v) is 4.90. The van der Waals surface area contributed by atoms with Crippen molar-refractivity contribution in [3.8, 4) is 5.75 Å². The highest BCUT2D eigenvalue weighted by atomic mass is 16.5. The molecule has 26 heavy (non-hydrogen) atoms. The van der Waals surface area contributed by atoms with Crippen molar-refractivity contribution < 1.29 is 14.6 Å². The topological polar surface area (TPSA) is 62.7 Å². The number of ether oxygens (including phenoxy) is 1. The lowest BCUT2D eigenvalue weighted by Crippen LogP contribution is -2.44. The number of hydrogen-bond acceptors (Lipinski definition) is 4. The first-order valence-electron chi connectivity index (χ1n) is 9.14. The largest absolute Gasteiger partial charge is 0.487 e. The summed E-state index contributed by atoms with van der Waals surface area (Å²) in [7, 11) is 0. The highest BCUT2D eigenvalue weighted by Gasteiger charge is 2.28. The van der Waals surface area contributed by atoms with Crippen molar-refractivity contribution in [2.24, 2.45) is 0 Å². The van der Waals surface area contributed by atoms with Crippen LogP contribution in [0.3, 0.4) is 0 Å². The molecule has 2 heterocycles. The van der Waals surface area contributed by atoms with Gasteiger partial charge >= 0.3 is 5.97 Å². The maximum atomic E-state index is 11.5. The van der Waals surface area contributed by atoms with Gasteiger partial charge < -0.3 is 9.84 Å². The fourth-order valence-electron chi connectivity index (χ4n) is 3.68. The summed E-state index contributed by atoms with van der Waals surface area (Å²) in [6.45, 7) is 6.02. The number of carboxylic acids is 1. The van der Waals surface area contributed by atoms with E-state index in [2.05, 4.69) is 22.0 Å². The zero-order valence-electron chi connectivity index (χ0n) is 15.4. The van der Waals surface area contributed by atoms with Gasteiger partial charge in [0.1, 0.15) is 18.4 Å². The smallest absolute Gasteiger partial charge is 0.320 e. The van der Waals surface area contributed by atoms with Crippen molar-refractivity contribution in [2.75, 3.05) is 6.54 Å². The fraction of sp³-hybridized carbons (Fsp3) is 0.429. The number of nitrogens with zero attached hydrogens (tertiary/aromatic N) is 2. The average molecular weight is 354 g/mol. The molecule has 1 aromatic heterocycles. The number of aromatic nitrogens is 1. The Hall–Kier alpha value is -2.40. The van der Waals surface area contributed by atoms with E-state index in [0.29, 0.717) is 13.2 Å². The summed E-state index contributed by atoms with van der Waals surface area (Å²) in [5, 5.41) is 9.45. The Bertz CT molecular complexity index is 738. The summed E-state index contributed by atoms with van der Waals surface area (Å²) in [5.74, 6) is 0.168. The van der Waals surface area contributed by atoms with Crippen LogP contribution in [-0.4, -0.2) is 33.5 Å². The Morgan fingerprint density at radius 2 is 2.04 bits per heavy atom. The van der Waals surface area contributed by atoms with E-state index in [1.807, 2.05) is 32.0 Å². The zero-order chi connectivity index (χ0) is 18.5. The molecule has 1 aliphatic heterocycles. The predicted octanol–water partition coefficient (Wildman–Crippen LogP) is 3.72. The van der Waals surface area contributed by atoms with Gasteiger partial charge in [-0.15, -0.1) is 0 Å². The maximum absolute atomic E-state index is 11.5. The second kappa shape index (κ2) is 8.32. The molecule has 0 bridgehead atoms. The predicted molar refractivity (Wildman–Crippen MR) is 100 cm³/mol. The van der Waals surface area contributed by atoms with Gasteiger partial charge in [0.15, 0.2) is 0 Å². The van der Waals surface area contributed by atoms with E-state index in [4.69, 9.17) is 4.74 Å². The minimum Gasteiger partial charge on any atom is -0.487 e. The van der Waals surface area contributed by atoms with Crippen LogP contribution in [0.5, 0.6) is 5.75 Å². The Morgan fingerprint density at radius 1 is 1.27 bits per heavy atom. The van der Waals surface area contributed by atoms with Crippen molar-refractivity contribution in [1.82, 2.24) is 9.88 Å². The molecule has 1 atom stereocenters. The molecule has 1 fully saturated rings. The molecule has 5 heteroatoms. The van der Waals surface area contributed by atoms with E-state index in [1.54, 1.807) is 6.20 Å². The second-order valence-electron chi connectivity index (χ2n) is 6.99. The van der Waals surface area contributed by atoms with Crippen LogP contribution in [0.1, 0.15) is 41.6 Å². The molecule has 138 valence electrons. The fourth-order valence-corrected chi connectivity index (χ4v) is 3.68. The van der Waals surface area contributed by atoms with Crippen LogP contribution < -0.4 is 4.74 Å². The normalized spacial score (nSPS) is 17.8. The summed E-state index contributed by atoms with van der Waals surface area (Å²) >= 11 is 0. The Balaban J connectivity index is 1.71. The first-order valence-corrected chi connectivity index (χ1v) is 9.14. The van der Waals surface area contributed by atoms with Gasteiger partial charge in [-0.2, -0.15) is 0 Å². The van der Waals surface area contributed by atoms with Gasteiger partial charge in [-0.1, -0.05) is 24.6 Å². The Morgan fingerprint density at radius 3 is 2.69 bits per heavy atom. The molecule has 1 aliphatic rings. The van der Waals surface area contributed by atoms with Gasteiger partial charge in [0.25, 0.3) is 0 Å². The molecule has 0 radical (unpaired) electrons. The summed E-state index contributed by atoms with van der Waals surface area (Å²) < 4.78 is 5.99. The van der Waals surface area contributed by atoms with Gasteiger partial charge in [-0.05, 0) is 62.1 Å². The number of carbonyl (C=O) groups is 1. The van der Waals surface area contributed by atoms with E-state index < -0.39 is 5.97 Å². The minimum absolute atomic E-state index is 0.371. The molecule has 3 rings (SSSR count). The molecule has 1 aromatic carbocycles. The van der Waals surface area contributed by atoms with Gasteiger partial charge in [-0.25, -0.2) is 0 Å². The molecule has 1 unspecified atom stereocenters. The van der Waals surface area contributed by atoms with Crippen LogP contribution in [0.2, 0.25) is 0 Å². The number of aryl methyl sites for hydroxylation is 2. The summed E-state index contributed by atoms with van der Waals surface area (Å²) in [5.41, 5.74) is 4.17. The lowest BCUT2D eigenvalue weighted by Gasteiger charge is -2.33. The number of aliphatic carboxylic acids is 1. The number of rotatable bonds is 6. The lowest BCUT2D eigenvalue weighted by molar-refractivity contribution is -0.144. The minimum atomic E-state index is -0.714. The van der Waals surface area contributed by atoms with Gasteiger partial charge in [0.2, 0.25) is 0 Å². The second-order valence-corrected chi connectivity index (χ2v) is 6.99. The zero-order valence-corrected chi connectivity index (χ0v) is 15.4. The van der Waals surface area contributed by atoms with E-state index >= 15 is 0 Å². The summed E-state index contributed by atoms with van der Waals surface area (Å²) in [4.78, 5) is 17.9. The number of hydrogen-bond donors (Lipinski definition) is 1. The standard InChI is InChI=1S/C21H26N2O3/c1-15-11-17(13-23-10-6-4-8-19(23)21(24)25)12-16(2)20(15)26-14-18-7-3-5-9-22-18/h3,5,7,9,11-12,19H,4,6,8,10,13-14H2,1-2H3,(H,24,25). The average Bonchev–Trinajstić information content (AvgIpc) is 2.62. The number of benzene rings is 1. The van der Waals surface area contributed by atoms with Gasteiger partial charge in [0.05, 0.1) is 5.69 Å². The first-order chi connectivity index (χ1) is 12.5. The summed E-state index contributed by atoms with van der Waals surface area (Å²) in [6, 6.07) is 9.62. The number of carboxylic acid groups (broad SMARTS) is 1. The number of piperidine rings is 1. The molecule has 2 aromatic rings. The third kappa shape index (κ3) is 4.41. The van der Waals surface area contributed by atoms with Gasteiger partial charge in [-0.3, -0.25) is 14.7 Å². The molecule has 1 saturated heterocycles. The molecule has 0 aliphatic carbocycles. The van der Waals surface area contributed by atoms with E-state index in [0.717, 1.165) is 53.9 Å². The van der Waals surface area contributed by atoms with E-state index in [1.165, 1.54) is 0 Å². The Labute approximate surface area is 154 Å². The van der Waals surface area contributed by atoms with Crippen molar-refractivity contribution in [3.05, 3.63) is 58.9 Å². The third-order valence-electron chi connectivity index (χ3n) is 4.90. The van der Waals surface area contributed by atoms with Crippen LogP contribution in [-0.2, 0) is 17.9 Å². The molecule has 5 nitrogen and oxygen atoms in total. The van der Waals surface area contributed by atoms with Crippen molar-refractivity contribution in [1.29, 1.82) is 0 Å². The van der Waals surface area contributed by atoms with E-state index in [-0.39, 0.29) is 6.04 Å². The lowest BCUT2D eigenvalue weighted by atomic mass is 10.00. The molecular weight excluding hydrogens is 328 g/mol. The molecular formula is C21H26N2O3. The Kier molecular flexibility index (Phi) is 5.89. The monoisotopic (exact) mass is 354 g/mol. The molecule has 0 spiro atoms. The van der Waals surface area contributed by atoms with Gasteiger partial charge in [0, 0.05) is 12.7 Å². The highest BCUT2D eigenvalue weighted by molar-refractivity contribution is 5.73. The van der Waals surface area contributed by atoms with Crippen LogP contribution in [0, 0.1) is 13.8 Å². The first kappa shape index (κ1) is 18.4. The molecule has 0 saturated carbocycles. The van der Waals surface area contributed by atoms with Crippen molar-refractivity contribution in [3.63, 3.8) is 0 Å². The van der Waals surface area contributed by atoms with Crippen molar-refractivity contribution in [2.45, 2.75) is 52.3 Å².